The summed E-state index contributed by atoms with van der Waals surface area (Å²) in [6, 6.07) is 15.6. The molecule has 3 heterocycles. The van der Waals surface area contributed by atoms with E-state index < -0.39 is 0 Å². The minimum Gasteiger partial charge on any atom is -0.497 e. The van der Waals surface area contributed by atoms with E-state index in [9.17, 15) is 4.79 Å². The van der Waals surface area contributed by atoms with Gasteiger partial charge in [-0.25, -0.2) is 0 Å². The van der Waals surface area contributed by atoms with Crippen molar-refractivity contribution in [2.45, 2.75) is 13.1 Å². The Bertz CT molecular complexity index is 948. The second-order valence-electron chi connectivity index (χ2n) is 7.27. The normalized spacial score (nSPS) is 14.5. The number of nitrogens with zero attached hydrogens (tertiary/aromatic N) is 3. The van der Waals surface area contributed by atoms with Gasteiger partial charge in [-0.1, -0.05) is 6.07 Å². The van der Waals surface area contributed by atoms with Gasteiger partial charge in [-0.3, -0.25) is 14.7 Å². The van der Waals surface area contributed by atoms with Crippen LogP contribution in [0.15, 0.2) is 65.3 Å². The molecule has 1 aromatic carbocycles. The van der Waals surface area contributed by atoms with Crippen LogP contribution in [0.4, 0.5) is 5.69 Å². The number of hydrogen-bond acceptors (Lipinski definition) is 6. The Morgan fingerprint density at radius 3 is 2.60 bits per heavy atom. The maximum Gasteiger partial charge on any atom is 0.287 e. The summed E-state index contributed by atoms with van der Waals surface area (Å²) in [5, 5.41) is 2.86. The van der Waals surface area contributed by atoms with Crippen molar-refractivity contribution in [3.05, 3.63) is 78.0 Å². The number of methoxy groups -OCH3 is 1. The first-order valence-electron chi connectivity index (χ1n) is 10.1. The molecule has 1 aliphatic rings. The summed E-state index contributed by atoms with van der Waals surface area (Å²) in [5.41, 5.74) is 2.16. The number of benzene rings is 1. The standard InChI is InChI=1S/C23H26N4O3/c1-29-20-6-4-19(5-7-20)27-13-11-26(12-14-27)17-21-8-9-22(30-21)23(28)25-16-18-3-2-10-24-15-18/h2-10,15H,11-14,16-17H2,1H3,(H,25,28). The molecule has 2 aromatic heterocycles. The minimum atomic E-state index is -0.213. The minimum absolute atomic E-state index is 0.213. The maximum atomic E-state index is 12.3. The molecular formula is C23H26N4O3. The van der Waals surface area contributed by atoms with Crippen molar-refractivity contribution in [3.8, 4) is 5.75 Å². The largest absolute Gasteiger partial charge is 0.497 e. The molecule has 1 fully saturated rings. The van der Waals surface area contributed by atoms with Crippen molar-refractivity contribution < 1.29 is 13.9 Å². The highest BCUT2D eigenvalue weighted by atomic mass is 16.5. The predicted molar refractivity (Wildman–Crippen MR) is 115 cm³/mol. The quantitative estimate of drug-likeness (QED) is 0.651. The zero-order valence-corrected chi connectivity index (χ0v) is 17.1. The number of anilines is 1. The van der Waals surface area contributed by atoms with E-state index >= 15 is 0 Å². The number of furan rings is 1. The molecule has 0 spiro atoms. The van der Waals surface area contributed by atoms with E-state index in [0.29, 0.717) is 18.8 Å². The maximum absolute atomic E-state index is 12.3. The first kappa shape index (κ1) is 20.0. The van der Waals surface area contributed by atoms with Crippen LogP contribution in [0, 0.1) is 0 Å². The van der Waals surface area contributed by atoms with Crippen LogP contribution in [0.5, 0.6) is 5.75 Å². The number of amides is 1. The molecule has 0 saturated carbocycles. The van der Waals surface area contributed by atoms with Crippen molar-refractivity contribution >= 4 is 11.6 Å². The number of piperazine rings is 1. The third-order valence-corrected chi connectivity index (χ3v) is 5.25. The van der Waals surface area contributed by atoms with Crippen LogP contribution in [-0.4, -0.2) is 49.1 Å². The third kappa shape index (κ3) is 4.99. The van der Waals surface area contributed by atoms with Gasteiger partial charge >= 0.3 is 0 Å². The van der Waals surface area contributed by atoms with Crippen LogP contribution in [-0.2, 0) is 13.1 Å². The molecule has 7 nitrogen and oxygen atoms in total. The Labute approximate surface area is 176 Å². The number of pyridine rings is 1. The summed E-state index contributed by atoms with van der Waals surface area (Å²) in [6.45, 7) is 4.91. The number of carbonyl (C=O) groups excluding carboxylic acids is 1. The Kier molecular flexibility index (Phi) is 6.29. The molecule has 0 aliphatic carbocycles. The number of hydrogen-bond donors (Lipinski definition) is 1. The summed E-state index contributed by atoms with van der Waals surface area (Å²) in [4.78, 5) is 21.1. The number of rotatable bonds is 7. The zero-order valence-electron chi connectivity index (χ0n) is 17.1. The van der Waals surface area contributed by atoms with Gasteiger partial charge in [0.25, 0.3) is 5.91 Å². The molecule has 4 rings (SSSR count). The number of nitrogens with one attached hydrogen (secondary N) is 1. The molecule has 7 heteroatoms. The van der Waals surface area contributed by atoms with Gasteiger partial charge in [-0.15, -0.1) is 0 Å². The lowest BCUT2D eigenvalue weighted by Gasteiger charge is -2.35. The molecule has 3 aromatic rings. The topological polar surface area (TPSA) is 70.8 Å². The van der Waals surface area contributed by atoms with E-state index in [1.54, 1.807) is 25.6 Å². The second-order valence-corrected chi connectivity index (χ2v) is 7.27. The zero-order chi connectivity index (χ0) is 20.8. The molecule has 0 unspecified atom stereocenters. The van der Waals surface area contributed by atoms with Gasteiger partial charge in [-0.2, -0.15) is 0 Å². The average Bonchev–Trinajstić information content (AvgIpc) is 3.27. The summed E-state index contributed by atoms with van der Waals surface area (Å²) < 4.78 is 11.0. The summed E-state index contributed by atoms with van der Waals surface area (Å²) in [5.74, 6) is 1.80. The van der Waals surface area contributed by atoms with Gasteiger partial charge in [0.2, 0.25) is 0 Å². The van der Waals surface area contributed by atoms with E-state index in [1.165, 1.54) is 5.69 Å². The summed E-state index contributed by atoms with van der Waals surface area (Å²) >= 11 is 0. The second kappa shape index (κ2) is 9.45. The lowest BCUT2D eigenvalue weighted by atomic mass is 10.2. The van der Waals surface area contributed by atoms with Crippen LogP contribution >= 0.6 is 0 Å². The molecule has 1 aliphatic heterocycles. The number of aromatic nitrogens is 1. The molecule has 1 saturated heterocycles. The third-order valence-electron chi connectivity index (χ3n) is 5.25. The van der Waals surface area contributed by atoms with Crippen molar-refractivity contribution in [2.75, 3.05) is 38.2 Å². The lowest BCUT2D eigenvalue weighted by molar-refractivity contribution is 0.0919. The summed E-state index contributed by atoms with van der Waals surface area (Å²) in [7, 11) is 1.68. The van der Waals surface area contributed by atoms with E-state index in [4.69, 9.17) is 9.15 Å². The number of ether oxygens (including phenoxy) is 1. The van der Waals surface area contributed by atoms with Crippen molar-refractivity contribution in [3.63, 3.8) is 0 Å². The van der Waals surface area contributed by atoms with Gasteiger partial charge in [-0.05, 0) is 48.0 Å². The van der Waals surface area contributed by atoms with Crippen LogP contribution < -0.4 is 15.0 Å². The smallest absolute Gasteiger partial charge is 0.287 e. The van der Waals surface area contributed by atoms with Crippen LogP contribution in [0.2, 0.25) is 0 Å². The van der Waals surface area contributed by atoms with Gasteiger partial charge in [0, 0.05) is 50.8 Å². The Hall–Kier alpha value is -3.32. The van der Waals surface area contributed by atoms with Crippen LogP contribution in [0.3, 0.4) is 0 Å². The number of carbonyl (C=O) groups is 1. The highest BCUT2D eigenvalue weighted by Gasteiger charge is 2.19. The molecule has 0 radical (unpaired) electrons. The Balaban J connectivity index is 1.25. The molecule has 0 atom stereocenters. The van der Waals surface area contributed by atoms with E-state index in [-0.39, 0.29) is 5.91 Å². The van der Waals surface area contributed by atoms with Gasteiger partial charge in [0.1, 0.15) is 11.5 Å². The van der Waals surface area contributed by atoms with Gasteiger partial charge in [0.15, 0.2) is 5.76 Å². The SMILES string of the molecule is COc1ccc(N2CCN(Cc3ccc(C(=O)NCc4cccnc4)o3)CC2)cc1. The molecule has 156 valence electrons. The highest BCUT2D eigenvalue weighted by molar-refractivity contribution is 5.91. The molecule has 1 N–H and O–H groups in total. The monoisotopic (exact) mass is 406 g/mol. The van der Waals surface area contributed by atoms with Crippen molar-refractivity contribution in [1.29, 1.82) is 0 Å². The first-order valence-corrected chi connectivity index (χ1v) is 10.1. The van der Waals surface area contributed by atoms with E-state index in [0.717, 1.165) is 43.3 Å². The van der Waals surface area contributed by atoms with Crippen molar-refractivity contribution in [2.24, 2.45) is 0 Å². The van der Waals surface area contributed by atoms with Crippen LogP contribution in [0.25, 0.3) is 0 Å². The van der Waals surface area contributed by atoms with Crippen LogP contribution in [0.1, 0.15) is 21.9 Å². The molecular weight excluding hydrogens is 380 g/mol. The lowest BCUT2D eigenvalue weighted by Crippen LogP contribution is -2.45. The fraction of sp³-hybridized carbons (Fsp3) is 0.304. The average molecular weight is 406 g/mol. The first-order chi connectivity index (χ1) is 14.7. The highest BCUT2D eigenvalue weighted by Crippen LogP contribution is 2.21. The fourth-order valence-electron chi connectivity index (χ4n) is 3.53. The van der Waals surface area contributed by atoms with Gasteiger partial charge in [0.05, 0.1) is 13.7 Å². The fourth-order valence-corrected chi connectivity index (χ4v) is 3.53. The Morgan fingerprint density at radius 1 is 1.10 bits per heavy atom. The molecule has 1 amide bonds. The van der Waals surface area contributed by atoms with E-state index in [2.05, 4.69) is 32.2 Å². The van der Waals surface area contributed by atoms with Crippen molar-refractivity contribution in [1.82, 2.24) is 15.2 Å². The summed E-state index contributed by atoms with van der Waals surface area (Å²) in [6.07, 6.45) is 3.44. The molecule has 0 bridgehead atoms. The van der Waals surface area contributed by atoms with Gasteiger partial charge < -0.3 is 19.4 Å². The molecule has 30 heavy (non-hydrogen) atoms. The Morgan fingerprint density at radius 2 is 1.90 bits per heavy atom. The predicted octanol–water partition coefficient (Wildman–Crippen LogP) is 2.94. The van der Waals surface area contributed by atoms with E-state index in [1.807, 2.05) is 30.3 Å².